The average Bonchev–Trinajstić information content (AvgIpc) is 2.38. The van der Waals surface area contributed by atoms with E-state index in [2.05, 4.69) is 0 Å². The van der Waals surface area contributed by atoms with E-state index in [1.807, 2.05) is 0 Å². The first-order chi connectivity index (χ1) is 9.01. The number of hydrogen-bond acceptors (Lipinski definition) is 2. The molecule has 0 heterocycles. The lowest BCUT2D eigenvalue weighted by atomic mass is 10.2. The molecule has 2 nitrogen and oxygen atoms in total. The van der Waals surface area contributed by atoms with Crippen LogP contribution in [0.25, 0.3) is 0 Å². The van der Waals surface area contributed by atoms with Crippen molar-refractivity contribution in [3.63, 3.8) is 0 Å². The number of halogens is 4. The van der Waals surface area contributed by atoms with Crippen LogP contribution in [0.5, 0.6) is 11.5 Å². The van der Waals surface area contributed by atoms with E-state index in [1.165, 1.54) is 24.3 Å². The Morgan fingerprint density at radius 2 is 1.63 bits per heavy atom. The van der Waals surface area contributed by atoms with Gasteiger partial charge in [-0.15, -0.1) is 0 Å². The second-order valence-corrected chi connectivity index (χ2v) is 4.94. The van der Waals surface area contributed by atoms with Crippen LogP contribution in [0, 0.1) is 5.82 Å². The molecular weight excluding hydrogens is 313 g/mol. The maximum Gasteiger partial charge on any atom is 0.166 e. The quantitative estimate of drug-likeness (QED) is 0.800. The molecule has 19 heavy (non-hydrogen) atoms. The van der Waals surface area contributed by atoms with Gasteiger partial charge in [-0.2, -0.15) is 0 Å². The van der Waals surface area contributed by atoms with E-state index in [0.717, 1.165) is 0 Å². The minimum atomic E-state index is -0.603. The van der Waals surface area contributed by atoms with E-state index in [1.54, 1.807) is 6.07 Å². The minimum absolute atomic E-state index is 0.0162. The van der Waals surface area contributed by atoms with Crippen molar-refractivity contribution in [3.8, 4) is 11.5 Å². The number of aliphatic hydroxyl groups is 1. The van der Waals surface area contributed by atoms with Crippen LogP contribution in [0.2, 0.25) is 15.1 Å². The fraction of sp³-hybridized carbons (Fsp3) is 0.0769. The van der Waals surface area contributed by atoms with Gasteiger partial charge < -0.3 is 9.84 Å². The molecule has 0 unspecified atom stereocenters. The lowest BCUT2D eigenvalue weighted by Gasteiger charge is -2.10. The van der Waals surface area contributed by atoms with Gasteiger partial charge >= 0.3 is 0 Å². The topological polar surface area (TPSA) is 29.5 Å². The normalized spacial score (nSPS) is 10.6. The summed E-state index contributed by atoms with van der Waals surface area (Å²) in [6.07, 6.45) is 0. The third-order valence-electron chi connectivity index (χ3n) is 2.37. The van der Waals surface area contributed by atoms with E-state index in [4.69, 9.17) is 44.6 Å². The molecule has 0 bridgehead atoms. The summed E-state index contributed by atoms with van der Waals surface area (Å²) in [6, 6.07) is 6.96. The summed E-state index contributed by atoms with van der Waals surface area (Å²) < 4.78 is 19.0. The van der Waals surface area contributed by atoms with E-state index in [0.29, 0.717) is 5.56 Å². The Hall–Kier alpha value is -1.000. The Labute approximate surface area is 124 Å². The SMILES string of the molecule is OCc1ccc(Oc2cc(Cl)c(Cl)cc2Cl)c(F)c1. The van der Waals surface area contributed by atoms with Gasteiger partial charge in [0.15, 0.2) is 11.6 Å². The first-order valence-corrected chi connectivity index (χ1v) is 6.36. The lowest BCUT2D eigenvalue weighted by molar-refractivity contribution is 0.281. The highest BCUT2D eigenvalue weighted by Crippen LogP contribution is 2.37. The van der Waals surface area contributed by atoms with Gasteiger partial charge in [-0.1, -0.05) is 40.9 Å². The number of rotatable bonds is 3. The molecule has 0 saturated carbocycles. The third kappa shape index (κ3) is 3.31. The van der Waals surface area contributed by atoms with Crippen LogP contribution in [-0.4, -0.2) is 5.11 Å². The van der Waals surface area contributed by atoms with Gasteiger partial charge in [0.05, 0.1) is 21.7 Å². The van der Waals surface area contributed by atoms with E-state index < -0.39 is 5.82 Å². The monoisotopic (exact) mass is 320 g/mol. The number of benzene rings is 2. The highest BCUT2D eigenvalue weighted by molar-refractivity contribution is 6.43. The molecule has 2 aromatic rings. The first kappa shape index (κ1) is 14.4. The van der Waals surface area contributed by atoms with E-state index in [-0.39, 0.29) is 33.2 Å². The van der Waals surface area contributed by atoms with Gasteiger partial charge in [-0.05, 0) is 23.8 Å². The molecule has 0 aromatic heterocycles. The Morgan fingerprint density at radius 3 is 2.26 bits per heavy atom. The van der Waals surface area contributed by atoms with Crippen LogP contribution in [0.4, 0.5) is 4.39 Å². The molecule has 0 radical (unpaired) electrons. The Kier molecular flexibility index (Phi) is 4.53. The summed E-state index contributed by atoms with van der Waals surface area (Å²) in [5, 5.41) is 9.66. The van der Waals surface area contributed by atoms with Crippen LogP contribution in [0.1, 0.15) is 5.56 Å². The van der Waals surface area contributed by atoms with Gasteiger partial charge in [-0.3, -0.25) is 0 Å². The minimum Gasteiger partial charge on any atom is -0.453 e. The summed E-state index contributed by atoms with van der Waals surface area (Å²) in [5.74, 6) is -0.419. The molecule has 2 rings (SSSR count). The summed E-state index contributed by atoms with van der Waals surface area (Å²) in [6.45, 7) is -0.245. The van der Waals surface area contributed by atoms with Gasteiger partial charge in [0, 0.05) is 6.07 Å². The Morgan fingerprint density at radius 1 is 0.947 bits per heavy atom. The van der Waals surface area contributed by atoms with Gasteiger partial charge in [-0.25, -0.2) is 4.39 Å². The number of hydrogen-bond donors (Lipinski definition) is 1. The van der Waals surface area contributed by atoms with Crippen LogP contribution in [0.3, 0.4) is 0 Å². The van der Waals surface area contributed by atoms with Gasteiger partial charge in [0.1, 0.15) is 5.75 Å². The molecule has 1 N–H and O–H groups in total. The van der Waals surface area contributed by atoms with Crippen LogP contribution < -0.4 is 4.74 Å². The predicted octanol–water partition coefficient (Wildman–Crippen LogP) is 5.07. The summed E-state index contributed by atoms with van der Waals surface area (Å²) >= 11 is 17.6. The van der Waals surface area contributed by atoms with Crippen molar-refractivity contribution in [1.82, 2.24) is 0 Å². The van der Waals surface area contributed by atoms with Crippen molar-refractivity contribution in [2.75, 3.05) is 0 Å². The predicted molar refractivity (Wildman–Crippen MR) is 73.9 cm³/mol. The van der Waals surface area contributed by atoms with Crippen molar-refractivity contribution in [3.05, 3.63) is 56.8 Å². The highest BCUT2D eigenvalue weighted by atomic mass is 35.5. The fourth-order valence-corrected chi connectivity index (χ4v) is 2.00. The Balaban J connectivity index is 2.33. The summed E-state index contributed by atoms with van der Waals surface area (Å²) in [7, 11) is 0. The summed E-state index contributed by atoms with van der Waals surface area (Å²) in [4.78, 5) is 0. The second-order valence-electron chi connectivity index (χ2n) is 3.72. The molecular formula is C13H8Cl3FO2. The zero-order valence-corrected chi connectivity index (χ0v) is 11.7. The molecule has 0 amide bonds. The molecule has 0 aliphatic heterocycles. The lowest BCUT2D eigenvalue weighted by Crippen LogP contribution is -1.92. The smallest absolute Gasteiger partial charge is 0.166 e. The van der Waals surface area contributed by atoms with Crippen LogP contribution in [-0.2, 0) is 6.61 Å². The zero-order valence-electron chi connectivity index (χ0n) is 9.46. The second kappa shape index (κ2) is 5.97. The van der Waals surface area contributed by atoms with E-state index >= 15 is 0 Å². The molecule has 0 aliphatic rings. The number of ether oxygens (including phenoxy) is 1. The van der Waals surface area contributed by atoms with Crippen molar-refractivity contribution >= 4 is 34.8 Å². The summed E-state index contributed by atoms with van der Waals surface area (Å²) in [5.41, 5.74) is 0.449. The van der Waals surface area contributed by atoms with Crippen molar-refractivity contribution in [1.29, 1.82) is 0 Å². The standard InChI is InChI=1S/C13H8Cl3FO2/c14-8-4-10(16)13(5-9(8)15)19-12-2-1-7(6-18)3-11(12)17/h1-5,18H,6H2. The van der Waals surface area contributed by atoms with Gasteiger partial charge in [0.25, 0.3) is 0 Å². The molecule has 6 heteroatoms. The zero-order chi connectivity index (χ0) is 14.0. The van der Waals surface area contributed by atoms with Gasteiger partial charge in [0.2, 0.25) is 0 Å². The molecule has 0 atom stereocenters. The van der Waals surface area contributed by atoms with E-state index in [9.17, 15) is 4.39 Å². The molecule has 100 valence electrons. The average molecular weight is 322 g/mol. The molecule has 0 aliphatic carbocycles. The molecule has 0 spiro atoms. The van der Waals surface area contributed by atoms with Crippen LogP contribution >= 0.6 is 34.8 Å². The largest absolute Gasteiger partial charge is 0.453 e. The van der Waals surface area contributed by atoms with Crippen LogP contribution in [0.15, 0.2) is 30.3 Å². The number of aliphatic hydroxyl groups excluding tert-OH is 1. The van der Waals surface area contributed by atoms with Crippen molar-refractivity contribution in [2.45, 2.75) is 6.61 Å². The maximum absolute atomic E-state index is 13.7. The molecule has 0 fully saturated rings. The van der Waals surface area contributed by atoms with Crippen molar-refractivity contribution < 1.29 is 14.2 Å². The molecule has 0 saturated heterocycles. The maximum atomic E-state index is 13.7. The highest BCUT2D eigenvalue weighted by Gasteiger charge is 2.11. The third-order valence-corrected chi connectivity index (χ3v) is 3.39. The van der Waals surface area contributed by atoms with Crippen molar-refractivity contribution in [2.24, 2.45) is 0 Å². The fourth-order valence-electron chi connectivity index (χ4n) is 1.43. The Bertz CT molecular complexity index is 617. The first-order valence-electron chi connectivity index (χ1n) is 5.23. The molecule has 2 aromatic carbocycles.